The molecule has 1 aromatic carbocycles. The van der Waals surface area contributed by atoms with Crippen LogP contribution in [-0.2, 0) is 4.79 Å². The van der Waals surface area contributed by atoms with Crippen molar-refractivity contribution in [3.05, 3.63) is 29.3 Å². The lowest BCUT2D eigenvalue weighted by Crippen LogP contribution is -2.49. The van der Waals surface area contributed by atoms with Gasteiger partial charge in [-0.1, -0.05) is 23.7 Å². The van der Waals surface area contributed by atoms with Crippen LogP contribution in [0.5, 0.6) is 0 Å². The molecule has 1 amide bonds. The lowest BCUT2D eigenvalue weighted by atomic mass is 10.1. The Balaban J connectivity index is 0.00000220. The van der Waals surface area contributed by atoms with Crippen molar-refractivity contribution in [1.82, 2.24) is 4.90 Å². The van der Waals surface area contributed by atoms with Gasteiger partial charge in [0.2, 0.25) is 5.91 Å². The average molecular weight is 332 g/mol. The zero-order valence-electron chi connectivity index (χ0n) is 12.7. The smallest absolute Gasteiger partial charge is 0.244 e. The largest absolute Gasteiger partial charge is 0.324 e. The van der Waals surface area contributed by atoms with Crippen molar-refractivity contribution < 1.29 is 4.79 Å². The summed E-state index contributed by atoms with van der Waals surface area (Å²) in [6.45, 7) is 5.31. The summed E-state index contributed by atoms with van der Waals surface area (Å²) in [4.78, 5) is 16.4. The molecule has 1 saturated heterocycles. The monoisotopic (exact) mass is 331 g/mol. The van der Waals surface area contributed by atoms with E-state index >= 15 is 0 Å². The maximum absolute atomic E-state index is 12.6. The van der Waals surface area contributed by atoms with Gasteiger partial charge < -0.3 is 10.6 Å². The maximum atomic E-state index is 12.6. The number of para-hydroxylation sites is 1. The normalized spacial score (nSPS) is 19.0. The zero-order valence-corrected chi connectivity index (χ0v) is 14.2. The van der Waals surface area contributed by atoms with E-state index in [0.717, 1.165) is 12.1 Å². The minimum Gasteiger partial charge on any atom is -0.324 e. The van der Waals surface area contributed by atoms with Crippen molar-refractivity contribution in [3.63, 3.8) is 0 Å². The van der Waals surface area contributed by atoms with Gasteiger partial charge in [0.15, 0.2) is 0 Å². The molecule has 1 aromatic rings. The average Bonchev–Trinajstić information content (AvgIpc) is 2.69. The van der Waals surface area contributed by atoms with Crippen molar-refractivity contribution in [2.24, 2.45) is 5.73 Å². The summed E-state index contributed by atoms with van der Waals surface area (Å²) in [6, 6.07) is 7.34. The van der Waals surface area contributed by atoms with Crippen LogP contribution in [0.3, 0.4) is 0 Å². The molecule has 0 bridgehead atoms. The molecule has 0 aromatic heterocycles. The van der Waals surface area contributed by atoms with Gasteiger partial charge in [-0.05, 0) is 39.4 Å². The molecule has 2 N–H and O–H groups in total. The Labute approximate surface area is 137 Å². The highest BCUT2D eigenvalue weighted by Crippen LogP contribution is 2.30. The summed E-state index contributed by atoms with van der Waals surface area (Å²) in [7, 11) is 1.95. The molecule has 1 fully saturated rings. The molecule has 0 saturated carbocycles. The number of anilines is 1. The topological polar surface area (TPSA) is 49.6 Å². The Kier molecular flexibility index (Phi) is 6.05. The molecule has 1 unspecified atom stereocenters. The van der Waals surface area contributed by atoms with E-state index in [2.05, 4.69) is 0 Å². The third kappa shape index (κ3) is 4.33. The van der Waals surface area contributed by atoms with Gasteiger partial charge >= 0.3 is 0 Å². The third-order valence-corrected chi connectivity index (χ3v) is 3.83. The van der Waals surface area contributed by atoms with Gasteiger partial charge in [0.1, 0.15) is 0 Å². The number of hydrogen-bond donors (Lipinski definition) is 1. The number of carbonyl (C=O) groups excluding carboxylic acids is 1. The molecule has 1 aliphatic heterocycles. The number of carbonyl (C=O) groups is 1. The van der Waals surface area contributed by atoms with Crippen LogP contribution >= 0.6 is 24.0 Å². The van der Waals surface area contributed by atoms with Crippen LogP contribution in [0.1, 0.15) is 20.3 Å². The number of hydrogen-bond acceptors (Lipinski definition) is 3. The van der Waals surface area contributed by atoms with Crippen LogP contribution in [0, 0.1) is 0 Å². The summed E-state index contributed by atoms with van der Waals surface area (Å²) in [5.41, 5.74) is 6.51. The zero-order chi connectivity index (χ0) is 14.9. The fourth-order valence-corrected chi connectivity index (χ4v) is 2.97. The van der Waals surface area contributed by atoms with E-state index < -0.39 is 0 Å². The highest BCUT2D eigenvalue weighted by atomic mass is 35.5. The fraction of sp³-hybridized carbons (Fsp3) is 0.533. The van der Waals surface area contributed by atoms with Gasteiger partial charge in [0, 0.05) is 18.6 Å². The van der Waals surface area contributed by atoms with E-state index in [1.165, 1.54) is 0 Å². The molecule has 1 aliphatic rings. The van der Waals surface area contributed by atoms with Crippen LogP contribution in [-0.4, -0.2) is 42.5 Å². The molecular formula is C15H23Cl2N3O. The Bertz CT molecular complexity index is 502. The van der Waals surface area contributed by atoms with Crippen molar-refractivity contribution in [3.8, 4) is 0 Å². The third-order valence-electron chi connectivity index (χ3n) is 3.51. The highest BCUT2D eigenvalue weighted by molar-refractivity contribution is 6.33. The molecule has 0 aliphatic carbocycles. The molecule has 2 rings (SSSR count). The molecule has 118 valence electrons. The SMILES string of the molecule is CN(CC(C)(C)N)C1CCN(c2ccccc2Cl)C1=O.Cl. The van der Waals surface area contributed by atoms with Crippen LogP contribution in [0.25, 0.3) is 0 Å². The summed E-state index contributed by atoms with van der Waals surface area (Å²) in [5.74, 6) is 0.102. The lowest BCUT2D eigenvalue weighted by molar-refractivity contribution is -0.121. The van der Waals surface area contributed by atoms with Gasteiger partial charge in [-0.25, -0.2) is 0 Å². The summed E-state index contributed by atoms with van der Waals surface area (Å²) >= 11 is 6.18. The van der Waals surface area contributed by atoms with Gasteiger partial charge in [-0.15, -0.1) is 12.4 Å². The second kappa shape index (κ2) is 6.97. The number of nitrogens with zero attached hydrogens (tertiary/aromatic N) is 2. The summed E-state index contributed by atoms with van der Waals surface area (Å²) in [5, 5.41) is 0.614. The first-order chi connectivity index (χ1) is 9.29. The fourth-order valence-electron chi connectivity index (χ4n) is 2.74. The molecule has 0 radical (unpaired) electrons. The van der Waals surface area contributed by atoms with Crippen LogP contribution < -0.4 is 10.6 Å². The highest BCUT2D eigenvalue weighted by Gasteiger charge is 2.36. The Hall–Kier alpha value is -0.810. The second-order valence-corrected chi connectivity index (χ2v) is 6.56. The Morgan fingerprint density at radius 3 is 2.62 bits per heavy atom. The number of benzene rings is 1. The molecule has 21 heavy (non-hydrogen) atoms. The Morgan fingerprint density at radius 1 is 1.43 bits per heavy atom. The predicted molar refractivity (Wildman–Crippen MR) is 90.4 cm³/mol. The molecular weight excluding hydrogens is 309 g/mol. The van der Waals surface area contributed by atoms with Crippen LogP contribution in [0.4, 0.5) is 5.69 Å². The molecule has 6 heteroatoms. The first-order valence-corrected chi connectivity index (χ1v) is 7.22. The first-order valence-electron chi connectivity index (χ1n) is 6.84. The lowest BCUT2D eigenvalue weighted by Gasteiger charge is -2.30. The van der Waals surface area contributed by atoms with Crippen LogP contribution in [0.15, 0.2) is 24.3 Å². The quantitative estimate of drug-likeness (QED) is 0.922. The van der Waals surface area contributed by atoms with E-state index in [9.17, 15) is 4.79 Å². The molecule has 1 heterocycles. The molecule has 4 nitrogen and oxygen atoms in total. The van der Waals surface area contributed by atoms with E-state index in [1.54, 1.807) is 4.90 Å². The van der Waals surface area contributed by atoms with Gasteiger partial charge in [0.05, 0.1) is 16.8 Å². The maximum Gasteiger partial charge on any atom is 0.244 e. The predicted octanol–water partition coefficient (Wildman–Crippen LogP) is 2.54. The second-order valence-electron chi connectivity index (χ2n) is 6.15. The number of halogens is 2. The van der Waals surface area contributed by atoms with E-state index in [0.29, 0.717) is 18.1 Å². The van der Waals surface area contributed by atoms with Crippen LogP contribution in [0.2, 0.25) is 5.02 Å². The van der Waals surface area contributed by atoms with E-state index in [4.69, 9.17) is 17.3 Å². The van der Waals surface area contributed by atoms with Gasteiger partial charge in [-0.2, -0.15) is 0 Å². The van der Waals surface area contributed by atoms with Gasteiger partial charge in [-0.3, -0.25) is 9.69 Å². The van der Waals surface area contributed by atoms with E-state index in [1.807, 2.05) is 50.1 Å². The number of amides is 1. The van der Waals surface area contributed by atoms with E-state index in [-0.39, 0.29) is 29.9 Å². The molecule has 0 spiro atoms. The molecule has 1 atom stereocenters. The van der Waals surface area contributed by atoms with Crippen molar-refractivity contribution in [2.75, 3.05) is 25.0 Å². The Morgan fingerprint density at radius 2 is 2.05 bits per heavy atom. The summed E-state index contributed by atoms with van der Waals surface area (Å²) in [6.07, 6.45) is 0.802. The minimum atomic E-state index is -0.313. The minimum absolute atomic E-state index is 0. The standard InChI is InChI=1S/C15H22ClN3O.ClH/c1-15(2,17)10-18(3)13-8-9-19(14(13)20)12-7-5-4-6-11(12)16;/h4-7,13H,8-10,17H2,1-3H3;1H. The number of nitrogens with two attached hydrogens (primary N) is 1. The first kappa shape index (κ1) is 18.2. The number of rotatable bonds is 4. The van der Waals surface area contributed by atoms with Gasteiger partial charge in [0.25, 0.3) is 0 Å². The summed E-state index contributed by atoms with van der Waals surface area (Å²) < 4.78 is 0. The van der Waals surface area contributed by atoms with Crippen molar-refractivity contribution >= 4 is 35.6 Å². The van der Waals surface area contributed by atoms with Crippen molar-refractivity contribution in [2.45, 2.75) is 31.8 Å². The van der Waals surface area contributed by atoms with Crippen molar-refractivity contribution in [1.29, 1.82) is 0 Å². The number of likely N-dealkylation sites (N-methyl/N-ethyl adjacent to an activating group) is 1.